The van der Waals surface area contributed by atoms with Crippen LogP contribution in [0.1, 0.15) is 381 Å². The van der Waals surface area contributed by atoms with E-state index in [4.69, 9.17) is 14.2 Å². The highest BCUT2D eigenvalue weighted by molar-refractivity contribution is 5.69. The van der Waals surface area contributed by atoms with Gasteiger partial charge in [0, 0.05) is 38.5 Å². The largest absolute Gasteiger partial charge is 0.466 e. The van der Waals surface area contributed by atoms with Crippen molar-refractivity contribution >= 4 is 17.9 Å². The molecule has 0 aromatic heterocycles. The first-order valence-electron chi connectivity index (χ1n) is 40.4. The Hall–Kier alpha value is -3.27. The summed E-state index contributed by atoms with van der Waals surface area (Å²) in [5.41, 5.74) is 0. The Kier molecular flexibility index (Phi) is 75.0. The molecule has 0 aromatic carbocycles. The van der Waals surface area contributed by atoms with Crippen LogP contribution in [0.15, 0.2) is 72.9 Å². The molecule has 0 aliphatic carbocycles. The molecular formula is C84H154N2O7. The molecular weight excluding hydrogens is 1150 g/mol. The zero-order valence-corrected chi connectivity index (χ0v) is 62.1. The number of rotatable bonds is 75. The second-order valence-electron chi connectivity index (χ2n) is 27.1. The van der Waals surface area contributed by atoms with Gasteiger partial charge in [-0.05, 0) is 180 Å². The molecule has 0 aliphatic heterocycles. The number of carbonyl (C=O) groups excluding carboxylic acids is 3. The van der Waals surface area contributed by atoms with Gasteiger partial charge in [-0.15, -0.1) is 0 Å². The van der Waals surface area contributed by atoms with Gasteiger partial charge in [0.1, 0.15) is 0 Å². The van der Waals surface area contributed by atoms with Crippen LogP contribution in [-0.4, -0.2) is 98.0 Å². The Morgan fingerprint density at radius 1 is 0.301 bits per heavy atom. The molecule has 93 heavy (non-hydrogen) atoms. The third-order valence-corrected chi connectivity index (χ3v) is 18.1. The van der Waals surface area contributed by atoms with Crippen molar-refractivity contribution in [3.05, 3.63) is 72.9 Å². The van der Waals surface area contributed by atoms with Crippen LogP contribution in [-0.2, 0) is 28.6 Å². The van der Waals surface area contributed by atoms with E-state index in [-0.39, 0.29) is 24.5 Å². The van der Waals surface area contributed by atoms with E-state index in [1.165, 1.54) is 180 Å². The standard InChI is InChI=1S/C84H154N2O7/c1-5-9-13-17-20-23-25-27-29-31-33-35-37-40-52-62-78-91-83(89)70-58-48-42-50-60-72-85(74-66-77-87)73-65-76-86(75-61-51-43-49-59-71-84(90)92-79-63-53-41-38-36-34-32-30-28-26-24-21-18-14-10-6-2)81(67-55-46-39-22-19-15-11-7-3)68-56-47-44-54-64-80-93-82(88)69-57-45-16-12-8-4/h20-24,27-30,39,55,67,81,87H,5-19,25-26,31-38,40-54,56-66,68-80H2,1-4H3/b23-20-,24-21-,29-27-,30-28-,39-22-,67-55-. The Morgan fingerprint density at radius 3 is 1.00 bits per heavy atom. The number of aliphatic hydroxyl groups is 1. The molecule has 0 radical (unpaired) electrons. The van der Waals surface area contributed by atoms with Crippen LogP contribution in [0.3, 0.4) is 0 Å². The third kappa shape index (κ3) is 71.3. The molecule has 0 heterocycles. The summed E-state index contributed by atoms with van der Waals surface area (Å²) >= 11 is 0. The van der Waals surface area contributed by atoms with E-state index in [1.54, 1.807) is 0 Å². The molecule has 1 atom stereocenters. The van der Waals surface area contributed by atoms with Crippen LogP contribution < -0.4 is 0 Å². The molecule has 542 valence electrons. The predicted molar refractivity (Wildman–Crippen MR) is 403 cm³/mol. The SMILES string of the molecule is CCCCC/C=C\C/C=C\CCCCCCCCOC(=O)CCCCCCCN(CCCO)CCCN(CCCCCCCC(=O)OCCCCCCCC/C=C\C/C=C\CCCCC)C(/C=C\C/C=C\CCCCC)CCCCCCCOC(=O)CCCCCCC. The molecule has 0 rings (SSSR count). The van der Waals surface area contributed by atoms with Crippen LogP contribution in [0.5, 0.6) is 0 Å². The smallest absolute Gasteiger partial charge is 0.305 e. The van der Waals surface area contributed by atoms with Crippen molar-refractivity contribution < 1.29 is 33.7 Å². The van der Waals surface area contributed by atoms with E-state index in [0.717, 1.165) is 187 Å². The minimum Gasteiger partial charge on any atom is -0.466 e. The number of unbranched alkanes of at least 4 members (excludes halogenated alkanes) is 37. The Morgan fingerprint density at radius 2 is 0.591 bits per heavy atom. The summed E-state index contributed by atoms with van der Waals surface area (Å²) in [5, 5.41) is 9.89. The number of aliphatic hydroxyl groups excluding tert-OH is 1. The summed E-state index contributed by atoms with van der Waals surface area (Å²) in [7, 11) is 0. The second-order valence-corrected chi connectivity index (χ2v) is 27.1. The van der Waals surface area contributed by atoms with Gasteiger partial charge in [-0.3, -0.25) is 19.3 Å². The van der Waals surface area contributed by atoms with Crippen LogP contribution in [0.25, 0.3) is 0 Å². The highest BCUT2D eigenvalue weighted by Crippen LogP contribution is 2.19. The fourth-order valence-corrected chi connectivity index (χ4v) is 12.1. The number of hydrogen-bond acceptors (Lipinski definition) is 9. The summed E-state index contributed by atoms with van der Waals surface area (Å²) in [5.74, 6) is -0.0964. The van der Waals surface area contributed by atoms with Crippen LogP contribution in [0.4, 0.5) is 0 Å². The first kappa shape index (κ1) is 89.7. The van der Waals surface area contributed by atoms with Gasteiger partial charge in [0.2, 0.25) is 0 Å². The summed E-state index contributed by atoms with van der Waals surface area (Å²) in [6, 6.07) is 0.384. The van der Waals surface area contributed by atoms with E-state index in [9.17, 15) is 19.5 Å². The first-order chi connectivity index (χ1) is 45.9. The van der Waals surface area contributed by atoms with Gasteiger partial charge in [0.25, 0.3) is 0 Å². The number of ether oxygens (including phenoxy) is 3. The molecule has 0 fully saturated rings. The van der Waals surface area contributed by atoms with E-state index in [0.29, 0.717) is 45.1 Å². The minimum absolute atomic E-state index is 0.0299. The van der Waals surface area contributed by atoms with E-state index >= 15 is 0 Å². The van der Waals surface area contributed by atoms with Gasteiger partial charge in [-0.1, -0.05) is 280 Å². The summed E-state index contributed by atoms with van der Waals surface area (Å²) in [6.45, 7) is 16.0. The molecule has 1 N–H and O–H groups in total. The van der Waals surface area contributed by atoms with Gasteiger partial charge >= 0.3 is 17.9 Å². The zero-order chi connectivity index (χ0) is 67.3. The van der Waals surface area contributed by atoms with Gasteiger partial charge in [-0.2, -0.15) is 0 Å². The number of nitrogens with zero attached hydrogens (tertiary/aromatic N) is 2. The number of allylic oxidation sites excluding steroid dienone is 11. The van der Waals surface area contributed by atoms with Crippen molar-refractivity contribution in [3.63, 3.8) is 0 Å². The van der Waals surface area contributed by atoms with Gasteiger partial charge < -0.3 is 24.2 Å². The quantitative estimate of drug-likeness (QED) is 0.0276. The summed E-state index contributed by atoms with van der Waals surface area (Å²) < 4.78 is 16.8. The highest BCUT2D eigenvalue weighted by atomic mass is 16.5. The lowest BCUT2D eigenvalue weighted by Gasteiger charge is -2.31. The average Bonchev–Trinajstić information content (AvgIpc) is 3.68. The molecule has 0 bridgehead atoms. The lowest BCUT2D eigenvalue weighted by molar-refractivity contribution is -0.144. The molecule has 0 saturated carbocycles. The van der Waals surface area contributed by atoms with Crippen molar-refractivity contribution in [1.29, 1.82) is 0 Å². The Labute approximate surface area is 577 Å². The maximum absolute atomic E-state index is 12.6. The lowest BCUT2D eigenvalue weighted by atomic mass is 10.0. The van der Waals surface area contributed by atoms with Gasteiger partial charge in [0.05, 0.1) is 19.8 Å². The number of esters is 3. The molecule has 0 saturated heterocycles. The Balaban J connectivity index is 5.15. The molecule has 0 amide bonds. The average molecular weight is 1300 g/mol. The van der Waals surface area contributed by atoms with Crippen molar-refractivity contribution in [2.24, 2.45) is 0 Å². The predicted octanol–water partition coefficient (Wildman–Crippen LogP) is 24.5. The molecule has 1 unspecified atom stereocenters. The van der Waals surface area contributed by atoms with Crippen molar-refractivity contribution in [2.75, 3.05) is 59.2 Å². The van der Waals surface area contributed by atoms with E-state index in [1.807, 2.05) is 0 Å². The molecule has 9 nitrogen and oxygen atoms in total. The normalized spacial score (nSPS) is 12.5. The van der Waals surface area contributed by atoms with Crippen LogP contribution in [0, 0.1) is 0 Å². The molecule has 9 heteroatoms. The second kappa shape index (κ2) is 77.7. The van der Waals surface area contributed by atoms with Crippen molar-refractivity contribution in [3.8, 4) is 0 Å². The van der Waals surface area contributed by atoms with Gasteiger partial charge in [0.15, 0.2) is 0 Å². The van der Waals surface area contributed by atoms with Gasteiger partial charge in [-0.25, -0.2) is 0 Å². The summed E-state index contributed by atoms with van der Waals surface area (Å²) in [6.07, 6.45) is 90.0. The maximum Gasteiger partial charge on any atom is 0.305 e. The molecule has 0 aromatic rings. The number of carbonyl (C=O) groups is 3. The van der Waals surface area contributed by atoms with Crippen molar-refractivity contribution in [1.82, 2.24) is 9.80 Å². The Bertz CT molecular complexity index is 1740. The highest BCUT2D eigenvalue weighted by Gasteiger charge is 2.17. The van der Waals surface area contributed by atoms with Crippen molar-refractivity contribution in [2.45, 2.75) is 387 Å². The zero-order valence-electron chi connectivity index (χ0n) is 62.1. The topological polar surface area (TPSA) is 106 Å². The fourth-order valence-electron chi connectivity index (χ4n) is 12.1. The molecule has 0 spiro atoms. The van der Waals surface area contributed by atoms with Crippen LogP contribution in [0.2, 0.25) is 0 Å². The first-order valence-corrected chi connectivity index (χ1v) is 40.4. The molecule has 0 aliphatic rings. The van der Waals surface area contributed by atoms with Crippen LogP contribution >= 0.6 is 0 Å². The fraction of sp³-hybridized carbons (Fsp3) is 0.821. The third-order valence-electron chi connectivity index (χ3n) is 18.1. The van der Waals surface area contributed by atoms with E-state index in [2.05, 4.69) is 110 Å². The minimum atomic E-state index is -0.0356. The maximum atomic E-state index is 12.6. The number of hydrogen-bond donors (Lipinski definition) is 1. The van der Waals surface area contributed by atoms with E-state index < -0.39 is 0 Å². The lowest BCUT2D eigenvalue weighted by Crippen LogP contribution is -2.38. The summed E-state index contributed by atoms with van der Waals surface area (Å²) in [4.78, 5) is 42.8. The monoisotopic (exact) mass is 1300 g/mol.